The molecule has 6 heteroatoms. The Hall–Kier alpha value is -2.76. The number of hydrogen-bond donors (Lipinski definition) is 1. The zero-order chi connectivity index (χ0) is 19.4. The molecule has 0 bridgehead atoms. The van der Waals surface area contributed by atoms with Crippen LogP contribution in [0.5, 0.6) is 5.75 Å². The van der Waals surface area contributed by atoms with Gasteiger partial charge in [-0.2, -0.15) is 0 Å². The number of benzene rings is 1. The van der Waals surface area contributed by atoms with E-state index in [1.54, 1.807) is 7.11 Å². The standard InChI is InChI=1S/C21H27N3O3/c1-15-12-16(2)20(18(13-15)27-3)21(26)24-9-5-8-23(10-11-24)19(25)14-17-6-4-7-22-17/h4,6-7,12-13,22H,5,8-11,14H2,1-3H3. The number of ether oxygens (including phenoxy) is 1. The van der Waals surface area contributed by atoms with Gasteiger partial charge in [0.25, 0.3) is 5.91 Å². The first-order valence-corrected chi connectivity index (χ1v) is 9.34. The van der Waals surface area contributed by atoms with Crippen LogP contribution in [0.25, 0.3) is 0 Å². The van der Waals surface area contributed by atoms with Crippen LogP contribution < -0.4 is 4.74 Å². The molecule has 1 aliphatic rings. The number of nitrogens with one attached hydrogen (secondary N) is 1. The summed E-state index contributed by atoms with van der Waals surface area (Å²) < 4.78 is 5.45. The molecule has 1 aromatic carbocycles. The zero-order valence-corrected chi connectivity index (χ0v) is 16.2. The van der Waals surface area contributed by atoms with Crippen LogP contribution in [0.4, 0.5) is 0 Å². The van der Waals surface area contributed by atoms with Crippen molar-refractivity contribution in [3.8, 4) is 5.75 Å². The van der Waals surface area contributed by atoms with Gasteiger partial charge in [0, 0.05) is 38.1 Å². The lowest BCUT2D eigenvalue weighted by atomic mass is 10.0. The molecule has 1 N–H and O–H groups in total. The summed E-state index contributed by atoms with van der Waals surface area (Å²) in [6.45, 7) is 6.33. The molecule has 1 aromatic heterocycles. The monoisotopic (exact) mass is 369 g/mol. The highest BCUT2D eigenvalue weighted by Crippen LogP contribution is 2.26. The van der Waals surface area contributed by atoms with Crippen molar-refractivity contribution in [2.24, 2.45) is 0 Å². The highest BCUT2D eigenvalue weighted by molar-refractivity contribution is 5.98. The van der Waals surface area contributed by atoms with Crippen LogP contribution >= 0.6 is 0 Å². The molecule has 1 saturated heterocycles. The molecule has 3 rings (SSSR count). The molecule has 0 atom stereocenters. The smallest absolute Gasteiger partial charge is 0.257 e. The second kappa shape index (κ2) is 8.29. The number of aromatic nitrogens is 1. The molecular formula is C21H27N3O3. The molecule has 2 heterocycles. The quantitative estimate of drug-likeness (QED) is 0.901. The number of methoxy groups -OCH3 is 1. The van der Waals surface area contributed by atoms with E-state index in [0.29, 0.717) is 43.9 Å². The van der Waals surface area contributed by atoms with E-state index >= 15 is 0 Å². The lowest BCUT2D eigenvalue weighted by molar-refractivity contribution is -0.130. The Labute approximate surface area is 160 Å². The number of nitrogens with zero attached hydrogens (tertiary/aromatic N) is 2. The van der Waals surface area contributed by atoms with Gasteiger partial charge in [-0.1, -0.05) is 6.07 Å². The summed E-state index contributed by atoms with van der Waals surface area (Å²) >= 11 is 0. The Morgan fingerprint density at radius 2 is 1.85 bits per heavy atom. The van der Waals surface area contributed by atoms with Gasteiger partial charge in [-0.25, -0.2) is 0 Å². The number of carbonyl (C=O) groups excluding carboxylic acids is 2. The number of aryl methyl sites for hydroxylation is 2. The summed E-state index contributed by atoms with van der Waals surface area (Å²) in [4.78, 5) is 32.4. The van der Waals surface area contributed by atoms with Gasteiger partial charge in [-0.05, 0) is 49.6 Å². The predicted molar refractivity (Wildman–Crippen MR) is 104 cm³/mol. The van der Waals surface area contributed by atoms with Gasteiger partial charge >= 0.3 is 0 Å². The van der Waals surface area contributed by atoms with Gasteiger partial charge < -0.3 is 19.5 Å². The first-order valence-electron chi connectivity index (χ1n) is 9.34. The van der Waals surface area contributed by atoms with E-state index in [2.05, 4.69) is 4.98 Å². The lowest BCUT2D eigenvalue weighted by Gasteiger charge is -2.24. The molecule has 6 nitrogen and oxygen atoms in total. The molecule has 144 valence electrons. The van der Waals surface area contributed by atoms with E-state index in [1.165, 1.54) is 0 Å². The Balaban J connectivity index is 1.69. The van der Waals surface area contributed by atoms with Gasteiger partial charge in [0.05, 0.1) is 19.1 Å². The summed E-state index contributed by atoms with van der Waals surface area (Å²) in [5.74, 6) is 0.681. The summed E-state index contributed by atoms with van der Waals surface area (Å²) in [5, 5.41) is 0. The maximum absolute atomic E-state index is 13.1. The van der Waals surface area contributed by atoms with Crippen molar-refractivity contribution in [3.63, 3.8) is 0 Å². The van der Waals surface area contributed by atoms with Crippen molar-refractivity contribution >= 4 is 11.8 Å². The van der Waals surface area contributed by atoms with E-state index in [4.69, 9.17) is 4.74 Å². The molecule has 0 unspecified atom stereocenters. The molecule has 0 saturated carbocycles. The van der Waals surface area contributed by atoms with Crippen molar-refractivity contribution in [2.45, 2.75) is 26.7 Å². The van der Waals surface area contributed by atoms with E-state index in [9.17, 15) is 9.59 Å². The van der Waals surface area contributed by atoms with Crippen molar-refractivity contribution in [3.05, 3.63) is 52.8 Å². The maximum Gasteiger partial charge on any atom is 0.257 e. The molecule has 2 aromatic rings. The third-order valence-electron chi connectivity index (χ3n) is 5.02. The van der Waals surface area contributed by atoms with Crippen LogP contribution in [0, 0.1) is 13.8 Å². The minimum atomic E-state index is -0.0250. The van der Waals surface area contributed by atoms with Crippen LogP contribution in [-0.4, -0.2) is 59.9 Å². The van der Waals surface area contributed by atoms with E-state index in [1.807, 2.05) is 54.1 Å². The fourth-order valence-corrected chi connectivity index (χ4v) is 3.64. The Bertz CT molecular complexity index is 814. The third kappa shape index (κ3) is 4.32. The molecule has 0 aliphatic carbocycles. The Morgan fingerprint density at radius 1 is 1.11 bits per heavy atom. The molecule has 0 spiro atoms. The van der Waals surface area contributed by atoms with Gasteiger partial charge in [0.2, 0.25) is 5.91 Å². The number of amides is 2. The number of carbonyl (C=O) groups is 2. The van der Waals surface area contributed by atoms with Crippen molar-refractivity contribution in [2.75, 3.05) is 33.3 Å². The highest BCUT2D eigenvalue weighted by Gasteiger charge is 2.26. The second-order valence-electron chi connectivity index (χ2n) is 7.06. The minimum absolute atomic E-state index is 0.0250. The lowest BCUT2D eigenvalue weighted by Crippen LogP contribution is -2.38. The second-order valence-corrected chi connectivity index (χ2v) is 7.06. The average molecular weight is 369 g/mol. The van der Waals surface area contributed by atoms with E-state index in [0.717, 1.165) is 23.2 Å². The van der Waals surface area contributed by atoms with Crippen molar-refractivity contribution < 1.29 is 14.3 Å². The molecule has 1 fully saturated rings. The van der Waals surface area contributed by atoms with Crippen LogP contribution in [-0.2, 0) is 11.2 Å². The highest BCUT2D eigenvalue weighted by atomic mass is 16.5. The fraction of sp³-hybridized carbons (Fsp3) is 0.429. The minimum Gasteiger partial charge on any atom is -0.496 e. The largest absolute Gasteiger partial charge is 0.496 e. The van der Waals surface area contributed by atoms with Gasteiger partial charge in [0.15, 0.2) is 0 Å². The number of aromatic amines is 1. The number of rotatable bonds is 4. The molecule has 27 heavy (non-hydrogen) atoms. The summed E-state index contributed by atoms with van der Waals surface area (Å²) in [5.41, 5.74) is 3.52. The van der Waals surface area contributed by atoms with E-state index in [-0.39, 0.29) is 11.8 Å². The van der Waals surface area contributed by atoms with Crippen molar-refractivity contribution in [1.82, 2.24) is 14.8 Å². The van der Waals surface area contributed by atoms with Crippen LogP contribution in [0.15, 0.2) is 30.5 Å². The average Bonchev–Trinajstić information content (AvgIpc) is 3.01. The maximum atomic E-state index is 13.1. The molecular weight excluding hydrogens is 342 g/mol. The third-order valence-corrected chi connectivity index (χ3v) is 5.02. The molecule has 1 aliphatic heterocycles. The topological polar surface area (TPSA) is 65.6 Å². The first kappa shape index (κ1) is 19.0. The summed E-state index contributed by atoms with van der Waals surface area (Å²) in [6, 6.07) is 7.70. The molecule has 0 radical (unpaired) electrons. The normalized spacial score (nSPS) is 14.8. The Kier molecular flexibility index (Phi) is 5.84. The SMILES string of the molecule is COc1cc(C)cc(C)c1C(=O)N1CCCN(C(=O)Cc2ccc[nH]2)CC1. The Morgan fingerprint density at radius 3 is 2.56 bits per heavy atom. The summed E-state index contributed by atoms with van der Waals surface area (Å²) in [6.07, 6.45) is 2.96. The van der Waals surface area contributed by atoms with Gasteiger partial charge in [-0.15, -0.1) is 0 Å². The predicted octanol–water partition coefficient (Wildman–Crippen LogP) is 2.56. The fourth-order valence-electron chi connectivity index (χ4n) is 3.64. The van der Waals surface area contributed by atoms with Crippen LogP contribution in [0.1, 0.15) is 33.6 Å². The van der Waals surface area contributed by atoms with Gasteiger partial charge in [0.1, 0.15) is 5.75 Å². The number of hydrogen-bond acceptors (Lipinski definition) is 3. The first-order chi connectivity index (χ1) is 13.0. The summed E-state index contributed by atoms with van der Waals surface area (Å²) in [7, 11) is 1.59. The van der Waals surface area contributed by atoms with Crippen molar-refractivity contribution in [1.29, 1.82) is 0 Å². The van der Waals surface area contributed by atoms with E-state index < -0.39 is 0 Å². The number of H-pyrrole nitrogens is 1. The van der Waals surface area contributed by atoms with Crippen LogP contribution in [0.3, 0.4) is 0 Å². The van der Waals surface area contributed by atoms with Gasteiger partial charge in [-0.3, -0.25) is 9.59 Å². The zero-order valence-electron chi connectivity index (χ0n) is 16.2. The van der Waals surface area contributed by atoms with Crippen LogP contribution in [0.2, 0.25) is 0 Å². The molecule has 2 amide bonds.